The molecule has 0 aliphatic heterocycles. The largest absolute Gasteiger partial charge is 0.403 e. The molecule has 0 aromatic rings. The quantitative estimate of drug-likeness (QED) is 0.368. The molecular formula is C17H37N. The average molecular weight is 255 g/mol. The highest BCUT2D eigenvalue weighted by Gasteiger charge is 1.94. The highest BCUT2D eigenvalue weighted by atomic mass is 14.5. The molecule has 110 valence electrons. The van der Waals surface area contributed by atoms with E-state index in [1.165, 1.54) is 83.5 Å². The van der Waals surface area contributed by atoms with E-state index < -0.39 is 0 Å². The van der Waals surface area contributed by atoms with E-state index in [0.29, 0.717) is 0 Å². The summed E-state index contributed by atoms with van der Waals surface area (Å²) in [5.41, 5.74) is 6.38. The predicted molar refractivity (Wildman–Crippen MR) is 85.8 cm³/mol. The standard InChI is InChI=1S/C17H35N.H2/c1-3-4-5-6-7-8-9-10-11-12-13-14-15-16-17(2)18;/h2-16,18H2,1H3;1H. The number of hydrogen-bond acceptors (Lipinski definition) is 1. The summed E-state index contributed by atoms with van der Waals surface area (Å²) in [6.07, 6.45) is 19.3. The number of hydrogen-bond donors (Lipinski definition) is 1. The Hall–Kier alpha value is -0.460. The minimum absolute atomic E-state index is 0. The van der Waals surface area contributed by atoms with Gasteiger partial charge in [0, 0.05) is 7.12 Å². The van der Waals surface area contributed by atoms with Crippen molar-refractivity contribution in [1.29, 1.82) is 0 Å². The number of unbranched alkanes of at least 4 members (excludes halogenated alkanes) is 12. The molecule has 0 atom stereocenters. The molecular weight excluding hydrogens is 218 g/mol. The third-order valence-corrected chi connectivity index (χ3v) is 3.60. The molecule has 0 rings (SSSR count). The van der Waals surface area contributed by atoms with E-state index in [1.807, 2.05) is 0 Å². The Kier molecular flexibility index (Phi) is 14.2. The molecule has 0 aromatic heterocycles. The molecule has 0 aromatic carbocycles. The van der Waals surface area contributed by atoms with Gasteiger partial charge in [0.05, 0.1) is 0 Å². The van der Waals surface area contributed by atoms with Gasteiger partial charge in [0.25, 0.3) is 0 Å². The first-order valence-electron chi connectivity index (χ1n) is 8.20. The van der Waals surface area contributed by atoms with Gasteiger partial charge in [-0.2, -0.15) is 0 Å². The Balaban J connectivity index is 0. The molecule has 0 saturated heterocycles. The highest BCUT2D eigenvalue weighted by molar-refractivity contribution is 4.84. The molecule has 1 heteroatoms. The van der Waals surface area contributed by atoms with Crippen LogP contribution in [0.5, 0.6) is 0 Å². The van der Waals surface area contributed by atoms with E-state index in [1.54, 1.807) is 0 Å². The van der Waals surface area contributed by atoms with Gasteiger partial charge >= 0.3 is 0 Å². The van der Waals surface area contributed by atoms with E-state index in [4.69, 9.17) is 5.73 Å². The third-order valence-electron chi connectivity index (χ3n) is 3.60. The smallest absolute Gasteiger partial charge is 0.000744 e. The zero-order valence-electron chi connectivity index (χ0n) is 12.7. The highest BCUT2D eigenvalue weighted by Crippen LogP contribution is 2.13. The number of allylic oxidation sites excluding steroid dienone is 1. The Morgan fingerprint density at radius 1 is 0.722 bits per heavy atom. The molecule has 18 heavy (non-hydrogen) atoms. The summed E-state index contributed by atoms with van der Waals surface area (Å²) in [4.78, 5) is 0. The second-order valence-electron chi connectivity index (χ2n) is 5.65. The normalized spacial score (nSPS) is 10.7. The van der Waals surface area contributed by atoms with E-state index in [2.05, 4.69) is 13.5 Å². The lowest BCUT2D eigenvalue weighted by Crippen LogP contribution is -1.93. The molecule has 1 nitrogen and oxygen atoms in total. The maximum absolute atomic E-state index is 5.54. The van der Waals surface area contributed by atoms with E-state index >= 15 is 0 Å². The lowest BCUT2D eigenvalue weighted by molar-refractivity contribution is 0.539. The topological polar surface area (TPSA) is 26.0 Å². The molecule has 0 aliphatic carbocycles. The summed E-state index contributed by atoms with van der Waals surface area (Å²) in [6, 6.07) is 0. The number of rotatable bonds is 14. The van der Waals surface area contributed by atoms with Crippen molar-refractivity contribution in [3.63, 3.8) is 0 Å². The van der Waals surface area contributed by atoms with Crippen LogP contribution in [0.25, 0.3) is 0 Å². The van der Waals surface area contributed by atoms with E-state index in [9.17, 15) is 0 Å². The van der Waals surface area contributed by atoms with Crippen LogP contribution in [0, 0.1) is 0 Å². The van der Waals surface area contributed by atoms with Crippen LogP contribution in [0.1, 0.15) is 98.2 Å². The second-order valence-corrected chi connectivity index (χ2v) is 5.65. The van der Waals surface area contributed by atoms with E-state index in [-0.39, 0.29) is 1.43 Å². The van der Waals surface area contributed by atoms with Crippen LogP contribution in [-0.4, -0.2) is 0 Å². The zero-order chi connectivity index (χ0) is 13.5. The van der Waals surface area contributed by atoms with Gasteiger partial charge in [-0.15, -0.1) is 0 Å². The summed E-state index contributed by atoms with van der Waals surface area (Å²) in [6.45, 7) is 6.01. The van der Waals surface area contributed by atoms with Crippen LogP contribution in [0.2, 0.25) is 0 Å². The fourth-order valence-electron chi connectivity index (χ4n) is 2.37. The summed E-state index contributed by atoms with van der Waals surface area (Å²) in [5.74, 6) is 0. The van der Waals surface area contributed by atoms with Crippen molar-refractivity contribution in [1.82, 2.24) is 0 Å². The summed E-state index contributed by atoms with van der Waals surface area (Å²) in [7, 11) is 0. The van der Waals surface area contributed by atoms with Gasteiger partial charge in [-0.1, -0.05) is 90.6 Å². The van der Waals surface area contributed by atoms with E-state index in [0.717, 1.165) is 12.1 Å². The van der Waals surface area contributed by atoms with Crippen molar-refractivity contribution < 1.29 is 1.43 Å². The Morgan fingerprint density at radius 3 is 1.39 bits per heavy atom. The lowest BCUT2D eigenvalue weighted by atomic mass is 10.0. The second kappa shape index (κ2) is 14.6. The first-order valence-corrected chi connectivity index (χ1v) is 8.20. The van der Waals surface area contributed by atoms with Gasteiger partial charge < -0.3 is 5.73 Å². The van der Waals surface area contributed by atoms with Crippen LogP contribution >= 0.6 is 0 Å². The zero-order valence-corrected chi connectivity index (χ0v) is 12.7. The summed E-state index contributed by atoms with van der Waals surface area (Å²) < 4.78 is 0. The van der Waals surface area contributed by atoms with Crippen LogP contribution in [0.3, 0.4) is 0 Å². The first kappa shape index (κ1) is 17.5. The molecule has 0 bridgehead atoms. The van der Waals surface area contributed by atoms with Crippen molar-refractivity contribution in [2.75, 3.05) is 0 Å². The van der Waals surface area contributed by atoms with Crippen LogP contribution in [0.15, 0.2) is 12.3 Å². The molecule has 0 spiro atoms. The maximum atomic E-state index is 5.54. The Morgan fingerprint density at radius 2 is 1.06 bits per heavy atom. The minimum atomic E-state index is 0. The average Bonchev–Trinajstić information content (AvgIpc) is 2.34. The van der Waals surface area contributed by atoms with Crippen molar-refractivity contribution >= 4 is 0 Å². The molecule has 0 saturated carbocycles. The monoisotopic (exact) mass is 255 g/mol. The van der Waals surface area contributed by atoms with Gasteiger partial charge in [-0.25, -0.2) is 0 Å². The molecule has 0 unspecified atom stereocenters. The Bertz CT molecular complexity index is 180. The molecule has 0 amide bonds. The number of nitrogens with two attached hydrogens (primary N) is 1. The van der Waals surface area contributed by atoms with Crippen molar-refractivity contribution in [2.45, 2.75) is 96.8 Å². The van der Waals surface area contributed by atoms with Crippen molar-refractivity contribution in [2.24, 2.45) is 5.73 Å². The Labute approximate surface area is 117 Å². The maximum Gasteiger partial charge on any atom is 0.000744 e. The molecule has 2 N–H and O–H groups in total. The predicted octanol–water partition coefficient (Wildman–Crippen LogP) is 6.19. The molecule has 0 heterocycles. The summed E-state index contributed by atoms with van der Waals surface area (Å²) >= 11 is 0. The first-order chi connectivity index (χ1) is 8.77. The molecule has 0 fully saturated rings. The third kappa shape index (κ3) is 15.5. The van der Waals surface area contributed by atoms with Gasteiger partial charge in [-0.3, -0.25) is 0 Å². The van der Waals surface area contributed by atoms with Crippen molar-refractivity contribution in [3.05, 3.63) is 12.3 Å². The SMILES string of the molecule is C=C(N)CCCCCCCCCCCCCCC.[HH]. The van der Waals surface area contributed by atoms with Gasteiger partial charge in [0.2, 0.25) is 0 Å². The van der Waals surface area contributed by atoms with Gasteiger partial charge in [-0.05, 0) is 12.8 Å². The van der Waals surface area contributed by atoms with Gasteiger partial charge in [0.1, 0.15) is 0 Å². The summed E-state index contributed by atoms with van der Waals surface area (Å²) in [5, 5.41) is 0. The van der Waals surface area contributed by atoms with Gasteiger partial charge in [0.15, 0.2) is 0 Å². The van der Waals surface area contributed by atoms with Crippen LogP contribution in [-0.2, 0) is 0 Å². The fourth-order valence-corrected chi connectivity index (χ4v) is 2.37. The lowest BCUT2D eigenvalue weighted by Gasteiger charge is -2.03. The molecule has 0 aliphatic rings. The van der Waals surface area contributed by atoms with Crippen LogP contribution < -0.4 is 5.73 Å². The fraction of sp³-hybridized carbons (Fsp3) is 0.882. The molecule has 0 radical (unpaired) electrons. The van der Waals surface area contributed by atoms with Crippen molar-refractivity contribution in [3.8, 4) is 0 Å². The van der Waals surface area contributed by atoms with Crippen LogP contribution in [0.4, 0.5) is 0 Å². The minimum Gasteiger partial charge on any atom is -0.403 e.